The maximum Gasteiger partial charge on any atom is 0.323 e. The number of hydrogen-bond acceptors (Lipinski definition) is 2. The Morgan fingerprint density at radius 3 is 2.60 bits per heavy atom. The van der Waals surface area contributed by atoms with Crippen LogP contribution < -0.4 is 5.69 Å². The van der Waals surface area contributed by atoms with Gasteiger partial charge in [0.1, 0.15) is 0 Å². The molecular weight excluding hydrogens is 192 g/mol. The molecule has 2 N–H and O–H groups in total. The smallest absolute Gasteiger partial charge is 0.306 e. The Kier molecular flexibility index (Phi) is 1.59. The molecule has 0 saturated carbocycles. The van der Waals surface area contributed by atoms with E-state index in [2.05, 4.69) is 9.97 Å². The highest BCUT2D eigenvalue weighted by Crippen LogP contribution is 2.23. The molecule has 2 aromatic rings. The first-order chi connectivity index (χ1) is 7.24. The molecule has 0 atom stereocenters. The Bertz CT molecular complexity index is 607. The molecule has 0 bridgehead atoms. The zero-order valence-corrected chi connectivity index (χ0v) is 7.96. The molecule has 0 amide bonds. The lowest BCUT2D eigenvalue weighted by Crippen LogP contribution is -2.11. The van der Waals surface area contributed by atoms with Crippen molar-refractivity contribution in [1.82, 2.24) is 9.97 Å². The molecule has 15 heavy (non-hydrogen) atoms. The minimum absolute atomic E-state index is 0.0557. The summed E-state index contributed by atoms with van der Waals surface area (Å²) in [4.78, 5) is 28.0. The summed E-state index contributed by atoms with van der Waals surface area (Å²) in [6.45, 7) is 0. The van der Waals surface area contributed by atoms with Crippen molar-refractivity contribution in [3.05, 3.63) is 40.2 Å². The van der Waals surface area contributed by atoms with Gasteiger partial charge in [0.05, 0.1) is 11.0 Å². The summed E-state index contributed by atoms with van der Waals surface area (Å²) in [5, 5.41) is 0. The molecule has 0 aliphatic heterocycles. The van der Waals surface area contributed by atoms with Crippen LogP contribution in [0.5, 0.6) is 0 Å². The average Bonchev–Trinajstić information content (AvgIpc) is 2.55. The number of fused-ring (bicyclic) bond motifs is 2. The van der Waals surface area contributed by atoms with E-state index in [1.54, 1.807) is 12.5 Å². The van der Waals surface area contributed by atoms with Crippen molar-refractivity contribution in [3.8, 4) is 0 Å². The summed E-state index contributed by atoms with van der Waals surface area (Å²) < 4.78 is 0. The molecule has 0 saturated heterocycles. The summed E-state index contributed by atoms with van der Waals surface area (Å²) in [5.41, 5.74) is 2.97. The molecule has 1 heterocycles. The Balaban J connectivity index is 2.35. The molecule has 1 aliphatic carbocycles. The van der Waals surface area contributed by atoms with Gasteiger partial charge in [-0.05, 0) is 30.5 Å². The maximum atomic E-state index is 11.6. The zero-order valence-electron chi connectivity index (χ0n) is 7.96. The van der Waals surface area contributed by atoms with E-state index in [1.165, 1.54) is 0 Å². The molecule has 4 heteroatoms. The Hall–Kier alpha value is -1.84. The minimum Gasteiger partial charge on any atom is -0.306 e. The topological polar surface area (TPSA) is 65.7 Å². The number of carbonyl (C=O) groups is 1. The highest BCUT2D eigenvalue weighted by atomic mass is 16.1. The van der Waals surface area contributed by atoms with Crippen LogP contribution in [0.4, 0.5) is 0 Å². The fraction of sp³-hybridized carbons (Fsp3) is 0.182. The van der Waals surface area contributed by atoms with Crippen LogP contribution in [-0.4, -0.2) is 15.8 Å². The van der Waals surface area contributed by atoms with Gasteiger partial charge in [-0.3, -0.25) is 4.79 Å². The van der Waals surface area contributed by atoms with E-state index in [4.69, 9.17) is 0 Å². The van der Waals surface area contributed by atoms with Gasteiger partial charge in [-0.15, -0.1) is 0 Å². The van der Waals surface area contributed by atoms with Crippen LogP contribution in [0.2, 0.25) is 0 Å². The summed E-state index contributed by atoms with van der Waals surface area (Å²) in [6.07, 6.45) is 3.34. The monoisotopic (exact) mass is 201 g/mol. The fourth-order valence-electron chi connectivity index (χ4n) is 2.03. The number of Topliss-reactive ketones (excluding diaryl/α,β-unsaturated/α-hetero) is 1. The van der Waals surface area contributed by atoms with Gasteiger partial charge >= 0.3 is 5.69 Å². The number of nitrogens with one attached hydrogen (secondary N) is 2. The molecule has 1 aliphatic rings. The predicted octanol–water partition coefficient (Wildman–Crippen LogP) is 1.19. The second kappa shape index (κ2) is 2.82. The summed E-state index contributed by atoms with van der Waals surface area (Å²) in [6, 6.07) is 3.63. The van der Waals surface area contributed by atoms with Gasteiger partial charge in [0.15, 0.2) is 5.78 Å². The SMILES string of the molecule is O=C1[CH]CCc2cc3[nH]c(=O)[nH]c3cc21. The van der Waals surface area contributed by atoms with Crippen molar-refractivity contribution < 1.29 is 4.79 Å². The first-order valence-electron chi connectivity index (χ1n) is 4.86. The zero-order chi connectivity index (χ0) is 10.4. The first kappa shape index (κ1) is 8.47. The second-order valence-corrected chi connectivity index (χ2v) is 3.74. The number of aromatic amines is 2. The van der Waals surface area contributed by atoms with Crippen molar-refractivity contribution in [2.24, 2.45) is 0 Å². The number of aromatic nitrogens is 2. The van der Waals surface area contributed by atoms with Crippen LogP contribution in [0.25, 0.3) is 11.0 Å². The highest BCUT2D eigenvalue weighted by Gasteiger charge is 2.18. The van der Waals surface area contributed by atoms with Crippen LogP contribution >= 0.6 is 0 Å². The molecule has 1 aromatic carbocycles. The van der Waals surface area contributed by atoms with Crippen molar-refractivity contribution >= 4 is 16.8 Å². The third-order valence-electron chi connectivity index (χ3n) is 2.75. The number of H-pyrrole nitrogens is 2. The maximum absolute atomic E-state index is 11.6. The van der Waals surface area contributed by atoms with Gasteiger partial charge in [-0.2, -0.15) is 0 Å². The first-order valence-corrected chi connectivity index (χ1v) is 4.86. The van der Waals surface area contributed by atoms with E-state index in [0.717, 1.165) is 23.9 Å². The van der Waals surface area contributed by atoms with Crippen LogP contribution in [0.15, 0.2) is 16.9 Å². The number of imidazole rings is 1. The minimum atomic E-state index is -0.233. The summed E-state index contributed by atoms with van der Waals surface area (Å²) in [5.74, 6) is 0.0557. The molecular formula is C11H9N2O2. The van der Waals surface area contributed by atoms with Crippen LogP contribution in [0.3, 0.4) is 0 Å². The number of carbonyl (C=O) groups excluding carboxylic acids is 1. The van der Waals surface area contributed by atoms with Gasteiger partial charge < -0.3 is 9.97 Å². The highest BCUT2D eigenvalue weighted by molar-refractivity contribution is 6.06. The largest absolute Gasteiger partial charge is 0.323 e. The van der Waals surface area contributed by atoms with Gasteiger partial charge in [0.2, 0.25) is 0 Å². The Morgan fingerprint density at radius 2 is 1.80 bits per heavy atom. The van der Waals surface area contributed by atoms with E-state index in [0.29, 0.717) is 11.1 Å². The third-order valence-corrected chi connectivity index (χ3v) is 2.75. The van der Waals surface area contributed by atoms with Gasteiger partial charge in [0, 0.05) is 12.0 Å². The number of benzene rings is 1. The number of aryl methyl sites for hydroxylation is 1. The second-order valence-electron chi connectivity index (χ2n) is 3.74. The number of hydrogen-bond donors (Lipinski definition) is 2. The van der Waals surface area contributed by atoms with Gasteiger partial charge in [0.25, 0.3) is 0 Å². The van der Waals surface area contributed by atoms with E-state index in [9.17, 15) is 9.59 Å². The molecule has 75 valence electrons. The van der Waals surface area contributed by atoms with Crippen molar-refractivity contribution in [1.29, 1.82) is 0 Å². The molecule has 1 aromatic heterocycles. The standard InChI is InChI=1S/C11H9N2O2/c14-10-3-1-2-6-4-8-9(5-7(6)10)13-11(15)12-8/h3-5H,1-2H2,(H2,12,13,15). The fourth-order valence-corrected chi connectivity index (χ4v) is 2.03. The summed E-state index contributed by atoms with van der Waals surface area (Å²) >= 11 is 0. The molecule has 0 unspecified atom stereocenters. The molecule has 3 rings (SSSR count). The van der Waals surface area contributed by atoms with E-state index in [1.807, 2.05) is 6.07 Å². The lowest BCUT2D eigenvalue weighted by Gasteiger charge is -2.13. The number of rotatable bonds is 0. The van der Waals surface area contributed by atoms with Crippen LogP contribution in [0, 0.1) is 6.42 Å². The quantitative estimate of drug-likeness (QED) is 0.672. The Morgan fingerprint density at radius 1 is 1.07 bits per heavy atom. The Labute approximate surface area is 85.3 Å². The molecule has 0 spiro atoms. The third kappa shape index (κ3) is 1.21. The normalized spacial score (nSPS) is 15.6. The number of ketones is 1. The van der Waals surface area contributed by atoms with Gasteiger partial charge in [-0.1, -0.05) is 0 Å². The van der Waals surface area contributed by atoms with E-state index >= 15 is 0 Å². The van der Waals surface area contributed by atoms with Crippen molar-refractivity contribution in [2.75, 3.05) is 0 Å². The lowest BCUT2D eigenvalue weighted by atomic mass is 9.90. The van der Waals surface area contributed by atoms with Crippen LogP contribution in [-0.2, 0) is 6.42 Å². The predicted molar refractivity (Wildman–Crippen MR) is 55.9 cm³/mol. The average molecular weight is 201 g/mol. The summed E-state index contributed by atoms with van der Waals surface area (Å²) in [7, 11) is 0. The van der Waals surface area contributed by atoms with E-state index in [-0.39, 0.29) is 11.5 Å². The van der Waals surface area contributed by atoms with Crippen molar-refractivity contribution in [3.63, 3.8) is 0 Å². The van der Waals surface area contributed by atoms with E-state index < -0.39 is 0 Å². The lowest BCUT2D eigenvalue weighted by molar-refractivity contribution is 0.102. The van der Waals surface area contributed by atoms with Crippen LogP contribution in [0.1, 0.15) is 22.3 Å². The van der Waals surface area contributed by atoms with Gasteiger partial charge in [-0.25, -0.2) is 4.79 Å². The molecule has 0 fully saturated rings. The molecule has 4 nitrogen and oxygen atoms in total. The van der Waals surface area contributed by atoms with Crippen molar-refractivity contribution in [2.45, 2.75) is 12.8 Å². The molecule has 1 radical (unpaired) electrons.